The van der Waals surface area contributed by atoms with Crippen molar-refractivity contribution in [2.75, 3.05) is 7.11 Å². The number of rotatable bonds is 4. The Hall–Kier alpha value is -0.643. The molecule has 0 N–H and O–H groups in total. The summed E-state index contributed by atoms with van der Waals surface area (Å²) in [6, 6.07) is 0. The van der Waals surface area contributed by atoms with Crippen LogP contribution in [0.1, 0.15) is 60.8 Å². The summed E-state index contributed by atoms with van der Waals surface area (Å²) in [5.74, 6) is 0. The van der Waals surface area contributed by atoms with Crippen molar-refractivity contribution in [1.29, 1.82) is 0 Å². The lowest BCUT2D eigenvalue weighted by atomic mass is 9.82. The van der Waals surface area contributed by atoms with Crippen molar-refractivity contribution in [1.82, 2.24) is 0 Å². The summed E-state index contributed by atoms with van der Waals surface area (Å²) in [6.45, 7) is 22.5. The summed E-state index contributed by atoms with van der Waals surface area (Å²) in [5, 5.41) is 0.214. The van der Waals surface area contributed by atoms with Gasteiger partial charge in [-0.15, -0.1) is 0 Å². The number of hydrogen-bond donors (Lipinski definition) is 0. The summed E-state index contributed by atoms with van der Waals surface area (Å²) < 4.78 is 12.5. The fourth-order valence-electron chi connectivity index (χ4n) is 3.11. The van der Waals surface area contributed by atoms with Crippen LogP contribution in [0.25, 0.3) is 0 Å². The molecule has 0 aromatic carbocycles. The average Bonchev–Trinajstić information content (AvgIpc) is 2.50. The highest BCUT2D eigenvalue weighted by Crippen LogP contribution is 2.39. The predicted molar refractivity (Wildman–Crippen MR) is 113 cm³/mol. The molecule has 0 saturated carbocycles. The molecular formula is C22H40O2Si. The molecule has 0 aromatic heterocycles. The Balaban J connectivity index is 2.93. The molecule has 0 amide bonds. The van der Waals surface area contributed by atoms with E-state index in [0.29, 0.717) is 0 Å². The van der Waals surface area contributed by atoms with Crippen LogP contribution in [0.5, 0.6) is 0 Å². The van der Waals surface area contributed by atoms with Crippen LogP contribution in [0, 0.1) is 5.41 Å². The molecule has 1 unspecified atom stereocenters. The molecule has 2 nitrogen and oxygen atoms in total. The molecule has 1 rings (SSSR count). The molecule has 0 heterocycles. The Morgan fingerprint density at radius 2 is 1.76 bits per heavy atom. The lowest BCUT2D eigenvalue weighted by molar-refractivity contribution is 0.0417. The molecule has 3 heteroatoms. The van der Waals surface area contributed by atoms with Gasteiger partial charge in [0.05, 0.1) is 12.2 Å². The lowest BCUT2D eigenvalue weighted by Crippen LogP contribution is -2.44. The molecule has 25 heavy (non-hydrogen) atoms. The first kappa shape index (κ1) is 22.4. The van der Waals surface area contributed by atoms with Crippen LogP contribution in [-0.2, 0) is 9.16 Å². The fourth-order valence-corrected chi connectivity index (χ4v) is 4.44. The van der Waals surface area contributed by atoms with Gasteiger partial charge in [0.2, 0.25) is 0 Å². The van der Waals surface area contributed by atoms with E-state index in [0.717, 1.165) is 24.8 Å². The van der Waals surface area contributed by atoms with E-state index in [-0.39, 0.29) is 22.7 Å². The molecule has 0 radical (unpaired) electrons. The van der Waals surface area contributed by atoms with Crippen LogP contribution in [-0.4, -0.2) is 27.6 Å². The third kappa shape index (κ3) is 6.23. The smallest absolute Gasteiger partial charge is 0.192 e. The van der Waals surface area contributed by atoms with Gasteiger partial charge in [-0.05, 0) is 54.0 Å². The zero-order valence-electron chi connectivity index (χ0n) is 18.0. The minimum absolute atomic E-state index is 0.0938. The summed E-state index contributed by atoms with van der Waals surface area (Å²) in [4.78, 5) is 0. The summed E-state index contributed by atoms with van der Waals surface area (Å²) >= 11 is 0. The first-order chi connectivity index (χ1) is 11.3. The molecule has 1 aliphatic rings. The second kappa shape index (κ2) is 8.37. The van der Waals surface area contributed by atoms with Crippen LogP contribution < -0.4 is 0 Å². The van der Waals surface area contributed by atoms with Gasteiger partial charge in [-0.25, -0.2) is 0 Å². The Labute approximate surface area is 157 Å². The van der Waals surface area contributed by atoms with Gasteiger partial charge in [-0.3, -0.25) is 0 Å². The van der Waals surface area contributed by atoms with E-state index in [1.807, 2.05) is 7.11 Å². The largest absolute Gasteiger partial charge is 0.410 e. The van der Waals surface area contributed by atoms with Gasteiger partial charge in [-0.1, -0.05) is 66.3 Å². The van der Waals surface area contributed by atoms with Crippen molar-refractivity contribution in [3.8, 4) is 0 Å². The van der Waals surface area contributed by atoms with Crippen molar-refractivity contribution in [3.63, 3.8) is 0 Å². The van der Waals surface area contributed by atoms with Gasteiger partial charge in [-0.2, -0.15) is 0 Å². The molecule has 0 fully saturated rings. The number of ether oxygens (including phenoxy) is 1. The average molecular weight is 365 g/mol. The van der Waals surface area contributed by atoms with Crippen molar-refractivity contribution in [2.45, 2.75) is 91.1 Å². The zero-order valence-corrected chi connectivity index (χ0v) is 19.0. The van der Waals surface area contributed by atoms with E-state index < -0.39 is 8.32 Å². The third-order valence-electron chi connectivity index (χ3n) is 5.57. The van der Waals surface area contributed by atoms with E-state index in [9.17, 15) is 0 Å². The van der Waals surface area contributed by atoms with Gasteiger partial charge < -0.3 is 9.16 Å². The maximum atomic E-state index is 6.67. The highest BCUT2D eigenvalue weighted by atomic mass is 28.4. The van der Waals surface area contributed by atoms with Crippen molar-refractivity contribution in [3.05, 3.63) is 36.0 Å². The first-order valence-electron chi connectivity index (χ1n) is 9.56. The molecule has 0 aliphatic heterocycles. The molecule has 1 aliphatic carbocycles. The van der Waals surface area contributed by atoms with Crippen molar-refractivity contribution >= 4 is 8.32 Å². The molecule has 0 spiro atoms. The SMILES string of the molecule is C=C1/C=C\C=C(\C(OC)C(C)(C)C)CCC[C@@H]1O[Si](C)(C)C(C)(C)C. The number of allylic oxidation sites excluding steroid dienone is 2. The number of hydrogen-bond acceptors (Lipinski definition) is 2. The maximum absolute atomic E-state index is 6.67. The van der Waals surface area contributed by atoms with Crippen LogP contribution in [0.15, 0.2) is 36.0 Å². The second-order valence-electron chi connectivity index (χ2n) is 9.92. The van der Waals surface area contributed by atoms with E-state index in [1.54, 1.807) is 0 Å². The predicted octanol–water partition coefficient (Wildman–Crippen LogP) is 6.66. The highest BCUT2D eigenvalue weighted by molar-refractivity contribution is 6.74. The van der Waals surface area contributed by atoms with Crippen LogP contribution in [0.2, 0.25) is 18.1 Å². The zero-order chi connectivity index (χ0) is 19.5. The molecule has 144 valence electrons. The Bertz CT molecular complexity index is 515. The van der Waals surface area contributed by atoms with Crippen molar-refractivity contribution in [2.24, 2.45) is 5.41 Å². The molecule has 2 atom stereocenters. The quantitative estimate of drug-likeness (QED) is 0.519. The van der Waals surface area contributed by atoms with Gasteiger partial charge in [0, 0.05) is 7.11 Å². The topological polar surface area (TPSA) is 18.5 Å². The van der Waals surface area contributed by atoms with E-state index in [4.69, 9.17) is 9.16 Å². The monoisotopic (exact) mass is 364 g/mol. The van der Waals surface area contributed by atoms with Gasteiger partial charge >= 0.3 is 0 Å². The lowest BCUT2D eigenvalue weighted by Gasteiger charge is -2.39. The molecule has 0 bridgehead atoms. The van der Waals surface area contributed by atoms with Gasteiger partial charge in [0.15, 0.2) is 8.32 Å². The van der Waals surface area contributed by atoms with Gasteiger partial charge in [0.25, 0.3) is 0 Å². The Morgan fingerprint density at radius 1 is 1.16 bits per heavy atom. The summed E-state index contributed by atoms with van der Waals surface area (Å²) in [5.41, 5.74) is 2.55. The maximum Gasteiger partial charge on any atom is 0.192 e. The molecular weight excluding hydrogens is 324 g/mol. The van der Waals surface area contributed by atoms with E-state index in [1.165, 1.54) is 5.57 Å². The van der Waals surface area contributed by atoms with E-state index in [2.05, 4.69) is 79.4 Å². The minimum Gasteiger partial charge on any atom is -0.410 e. The van der Waals surface area contributed by atoms with Crippen molar-refractivity contribution < 1.29 is 9.16 Å². The van der Waals surface area contributed by atoms with Crippen LogP contribution >= 0.6 is 0 Å². The highest BCUT2D eigenvalue weighted by Gasteiger charge is 2.39. The molecule has 0 saturated heterocycles. The van der Waals surface area contributed by atoms with E-state index >= 15 is 0 Å². The Kier molecular flexibility index (Phi) is 7.49. The second-order valence-corrected chi connectivity index (χ2v) is 14.7. The Morgan fingerprint density at radius 3 is 2.24 bits per heavy atom. The third-order valence-corrected chi connectivity index (χ3v) is 10.1. The normalized spacial score (nSPS) is 25.4. The van der Waals surface area contributed by atoms with Gasteiger partial charge in [0.1, 0.15) is 0 Å². The van der Waals surface area contributed by atoms with Crippen LogP contribution in [0.3, 0.4) is 0 Å². The standard InChI is InChI=1S/C22H40O2Si/c1-17-13-11-14-18(20(23-8)21(2,3)4)15-12-16-19(17)24-25(9,10)22(5,6)7/h11,13-14,19-20H,1,12,15-16H2,2-10H3/b13-11-,18-14+/t19-,20?/m0/s1. The summed E-state index contributed by atoms with van der Waals surface area (Å²) in [7, 11) is 0.0135. The summed E-state index contributed by atoms with van der Waals surface area (Å²) in [6.07, 6.45) is 9.91. The fraction of sp³-hybridized carbons (Fsp3) is 0.727. The molecule has 0 aromatic rings. The first-order valence-corrected chi connectivity index (χ1v) is 12.5. The minimum atomic E-state index is -1.80. The number of methoxy groups -OCH3 is 1. The van der Waals surface area contributed by atoms with Crippen LogP contribution in [0.4, 0.5) is 0 Å².